The molecule has 0 spiro atoms. The highest BCUT2D eigenvalue weighted by molar-refractivity contribution is 7.46. The van der Waals surface area contributed by atoms with Crippen LogP contribution < -0.4 is 22.9 Å². The molecule has 86 valence electrons. The van der Waals surface area contributed by atoms with Crippen molar-refractivity contribution < 1.29 is 18.9 Å². The molecule has 0 aromatic carbocycles. The Kier molecular flexibility index (Phi) is 12.8. The molecule has 0 aromatic rings. The second-order valence-corrected chi connectivity index (χ2v) is 2.93. The van der Waals surface area contributed by atoms with Crippen molar-refractivity contribution in [3.05, 3.63) is 0 Å². The summed E-state index contributed by atoms with van der Waals surface area (Å²) in [6.07, 6.45) is 0. The number of phosphoric ester groups is 1. The first-order valence-corrected chi connectivity index (χ1v) is 4.36. The molecule has 0 saturated heterocycles. The Morgan fingerprint density at radius 2 is 1.21 bits per heavy atom. The lowest BCUT2D eigenvalue weighted by Gasteiger charge is -1.93. The van der Waals surface area contributed by atoms with Crippen LogP contribution in [0, 0.1) is 10.8 Å². The molecule has 0 bridgehead atoms. The quantitative estimate of drug-likeness (QED) is 0.135. The molecule has 10 nitrogen and oxygen atoms in total. The highest BCUT2D eigenvalue weighted by Crippen LogP contribution is 2.33. The smallest absolute Gasteiger partial charge is 0.370 e. The van der Waals surface area contributed by atoms with Crippen molar-refractivity contribution >= 4 is 19.7 Å². The van der Waals surface area contributed by atoms with Gasteiger partial charge >= 0.3 is 7.82 Å². The third kappa shape index (κ3) is 364. The zero-order chi connectivity index (χ0) is 12.4. The molecule has 0 saturated carbocycles. The van der Waals surface area contributed by atoms with Gasteiger partial charge in [-0.3, -0.25) is 15.3 Å². The second-order valence-electron chi connectivity index (χ2n) is 1.58. The van der Waals surface area contributed by atoms with E-state index in [9.17, 15) is 4.57 Å². The summed E-state index contributed by atoms with van der Waals surface area (Å²) in [5.74, 6) is -0.667. The van der Waals surface area contributed by atoms with Crippen molar-refractivity contribution in [1.29, 1.82) is 10.8 Å². The van der Waals surface area contributed by atoms with Gasteiger partial charge in [-0.1, -0.05) is 0 Å². The highest BCUT2D eigenvalue weighted by Gasteiger charge is 2.07. The normalized spacial score (nSPS) is 8.50. The van der Waals surface area contributed by atoms with Gasteiger partial charge in [0.2, 0.25) is 0 Å². The fraction of sp³-hybridized carbons (Fsp3) is 0.333. The fourth-order valence-electron chi connectivity index (χ4n) is 0. The Morgan fingerprint density at radius 3 is 1.21 bits per heavy atom. The SMILES string of the molecule is COP(=O)(O)O.N=C(N)N.N=C(N)N. The van der Waals surface area contributed by atoms with E-state index in [-0.39, 0.29) is 11.9 Å². The summed E-state index contributed by atoms with van der Waals surface area (Å²) >= 11 is 0. The summed E-state index contributed by atoms with van der Waals surface area (Å²) in [5.41, 5.74) is 17.9. The van der Waals surface area contributed by atoms with Gasteiger partial charge in [0.25, 0.3) is 0 Å². The molecule has 0 aliphatic carbocycles. The Morgan fingerprint density at radius 1 is 1.14 bits per heavy atom. The number of nitrogens with one attached hydrogen (secondary N) is 2. The molecule has 14 heavy (non-hydrogen) atoms. The lowest BCUT2D eigenvalue weighted by molar-refractivity contribution is 0.235. The van der Waals surface area contributed by atoms with E-state index in [1.807, 2.05) is 0 Å². The molecule has 0 aliphatic rings. The van der Waals surface area contributed by atoms with Crippen LogP contribution in [0.15, 0.2) is 0 Å². The van der Waals surface area contributed by atoms with Gasteiger partial charge in [0.15, 0.2) is 11.9 Å². The molecule has 0 radical (unpaired) electrons. The maximum atomic E-state index is 9.47. The largest absolute Gasteiger partial charge is 0.469 e. The molecule has 0 aliphatic heterocycles. The molecule has 12 N–H and O–H groups in total. The van der Waals surface area contributed by atoms with Gasteiger partial charge in [-0.05, 0) is 0 Å². The standard InChI is InChI=1S/2CH5N3.CH5O4P/c2*2-1(3)4;1-5-6(2,3)4/h2*(H5,2,3,4);1H3,(H2,2,3,4). The van der Waals surface area contributed by atoms with E-state index < -0.39 is 7.82 Å². The van der Waals surface area contributed by atoms with Crippen LogP contribution in [0.4, 0.5) is 0 Å². The number of hydrogen-bond acceptors (Lipinski definition) is 4. The number of nitrogens with two attached hydrogens (primary N) is 4. The first-order valence-electron chi connectivity index (χ1n) is 2.83. The molecule has 0 aromatic heterocycles. The molecule has 0 unspecified atom stereocenters. The molecular weight excluding hydrogens is 215 g/mol. The first-order chi connectivity index (χ1) is 6.02. The van der Waals surface area contributed by atoms with Crippen LogP contribution in [0.1, 0.15) is 0 Å². The third-order valence-electron chi connectivity index (χ3n) is 0.238. The maximum Gasteiger partial charge on any atom is 0.469 e. The van der Waals surface area contributed by atoms with Gasteiger partial charge in [-0.25, -0.2) is 4.57 Å². The number of phosphoric acid groups is 1. The topological polar surface area (TPSA) is 219 Å². The van der Waals surface area contributed by atoms with Gasteiger partial charge < -0.3 is 32.7 Å². The Balaban J connectivity index is -0.000000135. The van der Waals surface area contributed by atoms with Crippen LogP contribution in [0.25, 0.3) is 0 Å². The van der Waals surface area contributed by atoms with Crippen molar-refractivity contribution in [1.82, 2.24) is 0 Å². The zero-order valence-corrected chi connectivity index (χ0v) is 8.36. The van der Waals surface area contributed by atoms with Crippen molar-refractivity contribution in [2.75, 3.05) is 7.11 Å². The summed E-state index contributed by atoms with van der Waals surface area (Å²) in [7, 11) is -3.20. The van der Waals surface area contributed by atoms with Crippen molar-refractivity contribution in [2.45, 2.75) is 0 Å². The summed E-state index contributed by atoms with van der Waals surface area (Å²) in [6, 6.07) is 0. The first kappa shape index (κ1) is 18.4. The minimum atomic E-state index is -4.15. The number of guanidine groups is 2. The summed E-state index contributed by atoms with van der Waals surface area (Å²) in [5, 5.41) is 12.1. The van der Waals surface area contributed by atoms with Crippen molar-refractivity contribution in [2.24, 2.45) is 22.9 Å². The lowest BCUT2D eigenvalue weighted by Crippen LogP contribution is -2.20. The summed E-state index contributed by atoms with van der Waals surface area (Å²) < 4.78 is 13.1. The Hall–Kier alpha value is -1.35. The van der Waals surface area contributed by atoms with Gasteiger partial charge in [0, 0.05) is 7.11 Å². The molecule has 0 atom stereocenters. The predicted molar refractivity (Wildman–Crippen MR) is 51.3 cm³/mol. The number of hydrogen-bond donors (Lipinski definition) is 8. The summed E-state index contributed by atoms with van der Waals surface area (Å²) in [6.45, 7) is 0. The third-order valence-corrected chi connectivity index (χ3v) is 0.714. The van der Waals surface area contributed by atoms with Crippen LogP contribution >= 0.6 is 7.82 Å². The van der Waals surface area contributed by atoms with E-state index in [4.69, 9.17) is 20.6 Å². The van der Waals surface area contributed by atoms with Gasteiger partial charge in [-0.2, -0.15) is 0 Å². The van der Waals surface area contributed by atoms with Crippen LogP contribution in [-0.4, -0.2) is 28.8 Å². The van der Waals surface area contributed by atoms with Crippen LogP contribution in [-0.2, 0) is 9.09 Å². The van der Waals surface area contributed by atoms with Crippen LogP contribution in [0.5, 0.6) is 0 Å². The Bertz CT molecular complexity index is 193. The molecule has 0 rings (SSSR count). The van der Waals surface area contributed by atoms with Crippen molar-refractivity contribution in [3.63, 3.8) is 0 Å². The predicted octanol–water partition coefficient (Wildman–Crippen LogP) is -2.60. The summed E-state index contributed by atoms with van der Waals surface area (Å²) in [4.78, 5) is 15.4. The monoisotopic (exact) mass is 230 g/mol. The second kappa shape index (κ2) is 9.74. The van der Waals surface area contributed by atoms with Crippen molar-refractivity contribution in [3.8, 4) is 0 Å². The molecule has 0 heterocycles. The van der Waals surface area contributed by atoms with E-state index in [2.05, 4.69) is 27.5 Å². The Labute approximate surface area is 80.5 Å². The van der Waals surface area contributed by atoms with E-state index >= 15 is 0 Å². The number of rotatable bonds is 1. The lowest BCUT2D eigenvalue weighted by atomic mass is 11.1. The van der Waals surface area contributed by atoms with E-state index in [0.29, 0.717) is 0 Å². The molecular formula is C3H15N6O4P. The van der Waals surface area contributed by atoms with Gasteiger partial charge in [0.1, 0.15) is 0 Å². The minimum absolute atomic E-state index is 0.333. The molecule has 0 amide bonds. The average molecular weight is 230 g/mol. The van der Waals surface area contributed by atoms with Gasteiger partial charge in [0.05, 0.1) is 0 Å². The van der Waals surface area contributed by atoms with Crippen LogP contribution in [0.3, 0.4) is 0 Å². The van der Waals surface area contributed by atoms with Crippen LogP contribution in [0.2, 0.25) is 0 Å². The molecule has 0 fully saturated rings. The fourth-order valence-corrected chi connectivity index (χ4v) is 0. The zero-order valence-electron chi connectivity index (χ0n) is 7.47. The van der Waals surface area contributed by atoms with E-state index in [0.717, 1.165) is 7.11 Å². The highest BCUT2D eigenvalue weighted by atomic mass is 31.2. The maximum absolute atomic E-state index is 9.47. The van der Waals surface area contributed by atoms with E-state index in [1.165, 1.54) is 0 Å². The molecule has 11 heteroatoms. The minimum Gasteiger partial charge on any atom is -0.370 e. The average Bonchev–Trinajstić information content (AvgIpc) is 1.83. The van der Waals surface area contributed by atoms with E-state index in [1.54, 1.807) is 0 Å². The van der Waals surface area contributed by atoms with Gasteiger partial charge in [-0.15, -0.1) is 0 Å².